The molecule has 1 atom stereocenters. The molecule has 0 spiro atoms. The van der Waals surface area contributed by atoms with Crippen molar-refractivity contribution in [2.75, 3.05) is 13.2 Å². The number of aliphatic hydroxyl groups excluding tert-OH is 1. The Labute approximate surface area is 90.9 Å². The minimum absolute atomic E-state index is 0.111. The van der Waals surface area contributed by atoms with E-state index in [1.807, 2.05) is 24.3 Å². The van der Waals surface area contributed by atoms with Gasteiger partial charge in [0.1, 0.15) is 5.75 Å². The van der Waals surface area contributed by atoms with Gasteiger partial charge in [-0.15, -0.1) is 0 Å². The lowest BCUT2D eigenvalue weighted by molar-refractivity contribution is 0.276. The number of hydrogen-bond donors (Lipinski definition) is 2. The van der Waals surface area contributed by atoms with Gasteiger partial charge in [0.2, 0.25) is 0 Å². The van der Waals surface area contributed by atoms with Crippen LogP contribution in [-0.4, -0.2) is 18.3 Å². The summed E-state index contributed by atoms with van der Waals surface area (Å²) in [7, 11) is 0. The van der Waals surface area contributed by atoms with Crippen LogP contribution >= 0.6 is 0 Å². The Balaban J connectivity index is 2.64. The molecule has 0 saturated carbocycles. The number of ether oxygens (including phenoxy) is 1. The second-order valence-electron chi connectivity index (χ2n) is 3.54. The van der Waals surface area contributed by atoms with E-state index in [9.17, 15) is 0 Å². The molecule has 0 heterocycles. The van der Waals surface area contributed by atoms with Crippen LogP contribution < -0.4 is 10.5 Å². The lowest BCUT2D eigenvalue weighted by Gasteiger charge is -2.12. The van der Waals surface area contributed by atoms with E-state index in [1.54, 1.807) is 0 Å². The van der Waals surface area contributed by atoms with Crippen molar-refractivity contribution < 1.29 is 9.84 Å². The molecule has 0 aliphatic rings. The smallest absolute Gasteiger partial charge is 0.119 e. The lowest BCUT2D eigenvalue weighted by Crippen LogP contribution is -2.11. The van der Waals surface area contributed by atoms with E-state index in [0.717, 1.165) is 24.3 Å². The molecule has 0 saturated heterocycles. The fourth-order valence-corrected chi connectivity index (χ4v) is 1.36. The zero-order chi connectivity index (χ0) is 11.1. The van der Waals surface area contributed by atoms with Crippen molar-refractivity contribution >= 4 is 0 Å². The van der Waals surface area contributed by atoms with E-state index in [0.29, 0.717) is 6.42 Å². The highest BCUT2D eigenvalue weighted by Gasteiger charge is 2.05. The van der Waals surface area contributed by atoms with Gasteiger partial charge in [-0.05, 0) is 30.5 Å². The van der Waals surface area contributed by atoms with Crippen LogP contribution in [0.5, 0.6) is 5.75 Å². The quantitative estimate of drug-likeness (QED) is 0.752. The van der Waals surface area contributed by atoms with Crippen molar-refractivity contribution in [2.45, 2.75) is 25.8 Å². The first-order chi connectivity index (χ1) is 7.27. The molecule has 0 bridgehead atoms. The van der Waals surface area contributed by atoms with Gasteiger partial charge in [0.15, 0.2) is 0 Å². The van der Waals surface area contributed by atoms with Crippen LogP contribution in [0.3, 0.4) is 0 Å². The van der Waals surface area contributed by atoms with Gasteiger partial charge < -0.3 is 15.6 Å². The molecule has 84 valence electrons. The van der Waals surface area contributed by atoms with Gasteiger partial charge in [-0.1, -0.05) is 19.1 Å². The lowest BCUT2D eigenvalue weighted by atomic mass is 10.1. The summed E-state index contributed by atoms with van der Waals surface area (Å²) < 4.78 is 5.51. The standard InChI is InChI=1S/C12H19NO2/c1-2-8-15-11-5-3-4-10(9-11)12(13)6-7-14/h3-5,9,12,14H,2,6-8,13H2,1H3. The zero-order valence-electron chi connectivity index (χ0n) is 9.15. The van der Waals surface area contributed by atoms with Crippen molar-refractivity contribution in [3.63, 3.8) is 0 Å². The summed E-state index contributed by atoms with van der Waals surface area (Å²) in [5.41, 5.74) is 6.90. The van der Waals surface area contributed by atoms with Gasteiger partial charge in [-0.3, -0.25) is 0 Å². The van der Waals surface area contributed by atoms with E-state index < -0.39 is 0 Å². The maximum Gasteiger partial charge on any atom is 0.119 e. The van der Waals surface area contributed by atoms with Crippen LogP contribution in [-0.2, 0) is 0 Å². The molecule has 3 nitrogen and oxygen atoms in total. The van der Waals surface area contributed by atoms with Crippen LogP contribution in [0.4, 0.5) is 0 Å². The molecule has 1 unspecified atom stereocenters. The molecule has 15 heavy (non-hydrogen) atoms. The third-order valence-corrected chi connectivity index (χ3v) is 2.20. The third-order valence-electron chi connectivity index (χ3n) is 2.20. The van der Waals surface area contributed by atoms with E-state index in [-0.39, 0.29) is 12.6 Å². The molecule has 1 aromatic carbocycles. The Morgan fingerprint density at radius 1 is 1.47 bits per heavy atom. The predicted molar refractivity (Wildman–Crippen MR) is 60.9 cm³/mol. The summed E-state index contributed by atoms with van der Waals surface area (Å²) >= 11 is 0. The van der Waals surface area contributed by atoms with E-state index >= 15 is 0 Å². The number of hydrogen-bond acceptors (Lipinski definition) is 3. The highest BCUT2D eigenvalue weighted by Crippen LogP contribution is 2.19. The molecular weight excluding hydrogens is 190 g/mol. The van der Waals surface area contributed by atoms with E-state index in [2.05, 4.69) is 6.92 Å². The Bertz CT molecular complexity index is 289. The molecule has 3 heteroatoms. The first kappa shape index (κ1) is 12.0. The molecule has 1 aromatic rings. The number of nitrogens with two attached hydrogens (primary N) is 1. The second kappa shape index (κ2) is 6.43. The average Bonchev–Trinajstić information content (AvgIpc) is 2.27. The monoisotopic (exact) mass is 209 g/mol. The van der Waals surface area contributed by atoms with Crippen molar-refractivity contribution in [3.8, 4) is 5.75 Å². The minimum atomic E-state index is -0.111. The van der Waals surface area contributed by atoms with Crippen molar-refractivity contribution in [1.29, 1.82) is 0 Å². The summed E-state index contributed by atoms with van der Waals surface area (Å²) in [4.78, 5) is 0. The van der Waals surface area contributed by atoms with E-state index in [4.69, 9.17) is 15.6 Å². The molecule has 0 aliphatic heterocycles. The highest BCUT2D eigenvalue weighted by molar-refractivity contribution is 5.30. The van der Waals surface area contributed by atoms with Crippen LogP contribution in [0.15, 0.2) is 24.3 Å². The van der Waals surface area contributed by atoms with Crippen molar-refractivity contribution in [3.05, 3.63) is 29.8 Å². The van der Waals surface area contributed by atoms with Crippen molar-refractivity contribution in [2.24, 2.45) is 5.73 Å². The summed E-state index contributed by atoms with van der Waals surface area (Å²) in [6.07, 6.45) is 1.57. The van der Waals surface area contributed by atoms with Crippen molar-refractivity contribution in [1.82, 2.24) is 0 Å². The average molecular weight is 209 g/mol. The second-order valence-corrected chi connectivity index (χ2v) is 3.54. The third kappa shape index (κ3) is 3.90. The maximum atomic E-state index is 8.80. The van der Waals surface area contributed by atoms with E-state index in [1.165, 1.54) is 0 Å². The molecule has 1 rings (SSSR count). The van der Waals surface area contributed by atoms with Gasteiger partial charge in [0.25, 0.3) is 0 Å². The topological polar surface area (TPSA) is 55.5 Å². The predicted octanol–water partition coefficient (Wildman–Crippen LogP) is 1.86. The molecule has 0 fully saturated rings. The maximum absolute atomic E-state index is 8.80. The molecular formula is C12H19NO2. The number of rotatable bonds is 6. The van der Waals surface area contributed by atoms with Crippen LogP contribution in [0.25, 0.3) is 0 Å². The first-order valence-corrected chi connectivity index (χ1v) is 5.37. The SMILES string of the molecule is CCCOc1cccc(C(N)CCO)c1. The fourth-order valence-electron chi connectivity index (χ4n) is 1.36. The largest absolute Gasteiger partial charge is 0.494 e. The minimum Gasteiger partial charge on any atom is -0.494 e. The Morgan fingerprint density at radius 3 is 2.93 bits per heavy atom. The van der Waals surface area contributed by atoms with Crippen LogP contribution in [0.1, 0.15) is 31.4 Å². The first-order valence-electron chi connectivity index (χ1n) is 5.37. The zero-order valence-corrected chi connectivity index (χ0v) is 9.15. The molecule has 0 radical (unpaired) electrons. The van der Waals surface area contributed by atoms with Gasteiger partial charge in [0.05, 0.1) is 6.61 Å². The van der Waals surface area contributed by atoms with Crippen LogP contribution in [0.2, 0.25) is 0 Å². The summed E-state index contributed by atoms with van der Waals surface area (Å²) in [5.74, 6) is 0.850. The Morgan fingerprint density at radius 2 is 2.27 bits per heavy atom. The summed E-state index contributed by atoms with van der Waals surface area (Å²) in [6, 6.07) is 7.64. The molecule has 0 aromatic heterocycles. The van der Waals surface area contributed by atoms with Gasteiger partial charge in [-0.25, -0.2) is 0 Å². The summed E-state index contributed by atoms with van der Waals surface area (Å²) in [6.45, 7) is 2.90. The van der Waals surface area contributed by atoms with Gasteiger partial charge in [0, 0.05) is 12.6 Å². The van der Waals surface area contributed by atoms with Gasteiger partial charge >= 0.3 is 0 Å². The van der Waals surface area contributed by atoms with Gasteiger partial charge in [-0.2, -0.15) is 0 Å². The normalized spacial score (nSPS) is 12.5. The fraction of sp³-hybridized carbons (Fsp3) is 0.500. The highest BCUT2D eigenvalue weighted by atomic mass is 16.5. The Hall–Kier alpha value is -1.06. The Kier molecular flexibility index (Phi) is 5.15. The number of aliphatic hydroxyl groups is 1. The molecule has 0 aliphatic carbocycles. The molecule has 0 amide bonds. The van der Waals surface area contributed by atoms with Crippen LogP contribution in [0, 0.1) is 0 Å². The number of benzene rings is 1. The molecule has 3 N–H and O–H groups in total. The summed E-state index contributed by atoms with van der Waals surface area (Å²) in [5, 5.41) is 8.80.